The summed E-state index contributed by atoms with van der Waals surface area (Å²) in [5.41, 5.74) is 3.94. The minimum atomic E-state index is -4.75. The number of hydrogen-bond acceptors (Lipinski definition) is 4. The molecule has 2 atom stereocenters. The average Bonchev–Trinajstić information content (AvgIpc) is 3.68. The van der Waals surface area contributed by atoms with Crippen LogP contribution >= 0.6 is 23.2 Å². The van der Waals surface area contributed by atoms with Crippen LogP contribution in [0.3, 0.4) is 0 Å². The third-order valence-electron chi connectivity index (χ3n) is 8.94. The molecule has 0 N–H and O–H groups in total. The van der Waals surface area contributed by atoms with Crippen LogP contribution in [-0.4, -0.2) is 31.2 Å². The van der Waals surface area contributed by atoms with Crippen molar-refractivity contribution in [3.63, 3.8) is 0 Å². The summed E-state index contributed by atoms with van der Waals surface area (Å²) < 4.78 is 44.0. The molecule has 6 nitrogen and oxygen atoms in total. The number of rotatable bonds is 5. The maximum atomic E-state index is 14.4. The van der Waals surface area contributed by atoms with Gasteiger partial charge in [0.05, 0.1) is 17.4 Å². The van der Waals surface area contributed by atoms with E-state index in [1.165, 1.54) is 11.1 Å². The van der Waals surface area contributed by atoms with Gasteiger partial charge in [-0.1, -0.05) is 85.6 Å². The van der Waals surface area contributed by atoms with Crippen molar-refractivity contribution in [3.05, 3.63) is 129 Å². The van der Waals surface area contributed by atoms with Crippen LogP contribution in [-0.2, 0) is 6.18 Å². The van der Waals surface area contributed by atoms with E-state index >= 15 is 0 Å². The second kappa shape index (κ2) is 12.5. The molecule has 1 amide bonds. The van der Waals surface area contributed by atoms with Gasteiger partial charge in [-0.3, -0.25) is 4.79 Å². The lowest BCUT2D eigenvalue weighted by molar-refractivity contribution is -0.142. The smallest absolute Gasteiger partial charge is 0.265 e. The van der Waals surface area contributed by atoms with Crippen LogP contribution < -0.4 is 0 Å². The van der Waals surface area contributed by atoms with E-state index in [4.69, 9.17) is 28.3 Å². The van der Waals surface area contributed by atoms with Crippen molar-refractivity contribution in [2.24, 2.45) is 11.0 Å². The van der Waals surface area contributed by atoms with Gasteiger partial charge >= 0.3 is 6.18 Å². The monoisotopic (exact) mass is 687 g/mol. The average molecular weight is 689 g/mol. The normalized spacial score (nSPS) is 18.9. The quantitative estimate of drug-likeness (QED) is 0.185. The first-order chi connectivity index (χ1) is 23.0. The van der Waals surface area contributed by atoms with Gasteiger partial charge in [-0.25, -0.2) is 14.5 Å². The van der Waals surface area contributed by atoms with E-state index in [0.29, 0.717) is 20.1 Å². The van der Waals surface area contributed by atoms with Crippen LogP contribution in [0.4, 0.5) is 13.2 Å². The van der Waals surface area contributed by atoms with Gasteiger partial charge in [-0.15, -0.1) is 0 Å². The number of aromatic nitrogens is 3. The van der Waals surface area contributed by atoms with E-state index in [-0.39, 0.29) is 28.9 Å². The lowest BCUT2D eigenvalue weighted by Crippen LogP contribution is -2.32. The highest BCUT2D eigenvalue weighted by Gasteiger charge is 2.45. The highest BCUT2D eigenvalue weighted by molar-refractivity contribution is 6.30. The highest BCUT2D eigenvalue weighted by atomic mass is 35.5. The molecule has 2 aromatic heterocycles. The SMILES string of the molecule is CC(C)c1ccc(-c2cc(C(F)(F)F)n3nc(C(=O)N4N=C5/C(=C\c6ccc(Cl)cc6)CCC[C@@H]5[C@H]4c4ccc(Cl)cc4)cc3n2)cc1. The third kappa shape index (κ3) is 6.13. The molecule has 48 heavy (non-hydrogen) atoms. The molecule has 3 aromatic carbocycles. The second-order valence-electron chi connectivity index (χ2n) is 12.5. The molecule has 1 aliphatic heterocycles. The zero-order chi connectivity index (χ0) is 33.7. The predicted octanol–water partition coefficient (Wildman–Crippen LogP) is 10.3. The molecular formula is C37H30Cl2F3N5O. The number of fused-ring (bicyclic) bond motifs is 2. The fourth-order valence-electron chi connectivity index (χ4n) is 6.51. The number of halogens is 5. The van der Waals surface area contributed by atoms with Crippen molar-refractivity contribution in [1.29, 1.82) is 0 Å². The van der Waals surface area contributed by atoms with Gasteiger partial charge in [-0.05, 0) is 83.9 Å². The predicted molar refractivity (Wildman–Crippen MR) is 182 cm³/mol. The van der Waals surface area contributed by atoms with Crippen molar-refractivity contribution in [2.75, 3.05) is 0 Å². The molecule has 0 bridgehead atoms. The number of amides is 1. The Morgan fingerprint density at radius 1 is 0.938 bits per heavy atom. The van der Waals surface area contributed by atoms with Crippen LogP contribution in [0.5, 0.6) is 0 Å². The number of benzene rings is 3. The number of carbonyl (C=O) groups is 1. The standard InChI is InChI=1S/C37H30Cl2F3N5O/c1-21(2)23-8-10-24(11-9-23)30-19-32(37(40,41)42)46-33(43-30)20-31(44-46)36(48)47-35(25-12-16-28(39)17-13-25)29-5-3-4-26(34(29)45-47)18-22-6-14-27(38)15-7-22/h6-21,29,35H,3-5H2,1-2H3/b26-18-/t29-,35+/m0/s1. The molecule has 1 aliphatic carbocycles. The van der Waals surface area contributed by atoms with E-state index in [1.807, 2.05) is 68.5 Å². The van der Waals surface area contributed by atoms with Crippen molar-refractivity contribution >= 4 is 46.5 Å². The molecule has 244 valence electrons. The Morgan fingerprint density at radius 3 is 2.25 bits per heavy atom. The summed E-state index contributed by atoms with van der Waals surface area (Å²) in [6.45, 7) is 4.08. The summed E-state index contributed by atoms with van der Waals surface area (Å²) in [5, 5.41) is 11.6. The molecule has 1 fully saturated rings. The fourth-order valence-corrected chi connectivity index (χ4v) is 6.76. The zero-order valence-electron chi connectivity index (χ0n) is 26.0. The highest BCUT2D eigenvalue weighted by Crippen LogP contribution is 2.45. The lowest BCUT2D eigenvalue weighted by Gasteiger charge is -2.29. The van der Waals surface area contributed by atoms with Gasteiger partial charge in [0.2, 0.25) is 0 Å². The van der Waals surface area contributed by atoms with E-state index in [9.17, 15) is 18.0 Å². The Balaban J connectivity index is 1.32. The molecular weight excluding hydrogens is 658 g/mol. The summed E-state index contributed by atoms with van der Waals surface area (Å²) in [6, 6.07) is 23.7. The van der Waals surface area contributed by atoms with Gasteiger partial charge in [0, 0.05) is 27.6 Å². The molecule has 7 rings (SSSR count). The van der Waals surface area contributed by atoms with Crippen molar-refractivity contribution in [1.82, 2.24) is 19.6 Å². The largest absolute Gasteiger partial charge is 0.433 e. The molecule has 1 saturated carbocycles. The summed E-state index contributed by atoms with van der Waals surface area (Å²) in [7, 11) is 0. The lowest BCUT2D eigenvalue weighted by atomic mass is 9.77. The zero-order valence-corrected chi connectivity index (χ0v) is 27.6. The summed E-state index contributed by atoms with van der Waals surface area (Å²) in [5.74, 6) is -0.491. The minimum Gasteiger partial charge on any atom is -0.265 e. The molecule has 0 saturated heterocycles. The van der Waals surface area contributed by atoms with Crippen molar-refractivity contribution in [3.8, 4) is 11.3 Å². The van der Waals surface area contributed by atoms with Gasteiger partial charge in [-0.2, -0.15) is 23.4 Å². The first-order valence-electron chi connectivity index (χ1n) is 15.7. The first kappa shape index (κ1) is 32.1. The minimum absolute atomic E-state index is 0.0910. The van der Waals surface area contributed by atoms with Gasteiger partial charge in [0.1, 0.15) is 0 Å². The Kier molecular flexibility index (Phi) is 8.37. The number of allylic oxidation sites excluding steroid dienone is 1. The van der Waals surface area contributed by atoms with Gasteiger partial charge in [0.25, 0.3) is 5.91 Å². The number of nitrogens with zero attached hydrogens (tertiary/aromatic N) is 5. The summed E-state index contributed by atoms with van der Waals surface area (Å²) >= 11 is 12.3. The van der Waals surface area contributed by atoms with E-state index in [2.05, 4.69) is 10.1 Å². The number of alkyl halides is 3. The van der Waals surface area contributed by atoms with Crippen LogP contribution in [0.25, 0.3) is 23.0 Å². The Hall–Kier alpha value is -4.47. The first-order valence-corrected chi connectivity index (χ1v) is 16.4. The number of hydrazone groups is 1. The molecule has 2 aliphatic rings. The number of carbonyl (C=O) groups excluding carboxylic acids is 1. The van der Waals surface area contributed by atoms with E-state index in [0.717, 1.165) is 53.3 Å². The van der Waals surface area contributed by atoms with E-state index in [1.54, 1.807) is 24.3 Å². The van der Waals surface area contributed by atoms with Gasteiger partial charge in [0.15, 0.2) is 17.0 Å². The molecule has 0 radical (unpaired) electrons. The van der Waals surface area contributed by atoms with Crippen LogP contribution in [0.1, 0.15) is 77.9 Å². The summed E-state index contributed by atoms with van der Waals surface area (Å²) in [6.07, 6.45) is -0.285. The van der Waals surface area contributed by atoms with Crippen LogP contribution in [0, 0.1) is 5.92 Å². The second-order valence-corrected chi connectivity index (χ2v) is 13.3. The third-order valence-corrected chi connectivity index (χ3v) is 9.45. The fraction of sp³-hybridized carbons (Fsp3) is 0.243. The van der Waals surface area contributed by atoms with Crippen LogP contribution in [0.15, 0.2) is 95.6 Å². The topological polar surface area (TPSA) is 62.9 Å². The Labute approximate surface area is 285 Å². The molecule has 5 aromatic rings. The van der Waals surface area contributed by atoms with Crippen molar-refractivity contribution < 1.29 is 18.0 Å². The summed E-state index contributed by atoms with van der Waals surface area (Å²) in [4.78, 5) is 18.8. The maximum Gasteiger partial charge on any atom is 0.433 e. The van der Waals surface area contributed by atoms with Crippen LogP contribution in [0.2, 0.25) is 10.0 Å². The van der Waals surface area contributed by atoms with Gasteiger partial charge < -0.3 is 0 Å². The Morgan fingerprint density at radius 2 is 1.60 bits per heavy atom. The van der Waals surface area contributed by atoms with E-state index < -0.39 is 23.8 Å². The van der Waals surface area contributed by atoms with Crippen molar-refractivity contribution in [2.45, 2.75) is 51.2 Å². The molecule has 0 spiro atoms. The molecule has 11 heteroatoms. The number of hydrogen-bond donors (Lipinski definition) is 0. The Bertz CT molecular complexity index is 2070. The maximum absolute atomic E-state index is 14.4. The molecule has 3 heterocycles. The molecule has 0 unspecified atom stereocenters.